The van der Waals surface area contributed by atoms with E-state index in [-0.39, 0.29) is 21.9 Å². The number of ether oxygens (including phenoxy) is 2. The Balaban J connectivity index is 2.35. The zero-order chi connectivity index (χ0) is 17.0. The molecule has 0 aliphatic heterocycles. The van der Waals surface area contributed by atoms with E-state index >= 15 is 0 Å². The smallest absolute Gasteiger partial charge is 0.189 e. The second-order valence-electron chi connectivity index (χ2n) is 4.55. The standard InChI is InChI=1S/C17H13ClF2O3/c1-22-16-9-17(23-2)13(18)8-12(16)15(21)6-3-10-7-11(19)4-5-14(10)20/h3-9H,1-2H3/b6-3+. The van der Waals surface area contributed by atoms with Crippen LogP contribution in [0.5, 0.6) is 11.5 Å². The summed E-state index contributed by atoms with van der Waals surface area (Å²) in [4.78, 5) is 12.3. The van der Waals surface area contributed by atoms with Crippen LogP contribution in [0.1, 0.15) is 15.9 Å². The average Bonchev–Trinajstić information content (AvgIpc) is 2.55. The molecule has 120 valence electrons. The van der Waals surface area contributed by atoms with Crippen LogP contribution in [0.3, 0.4) is 0 Å². The Kier molecular flexibility index (Phi) is 5.34. The lowest BCUT2D eigenvalue weighted by Gasteiger charge is -2.10. The summed E-state index contributed by atoms with van der Waals surface area (Å²) in [5, 5.41) is 0.238. The number of allylic oxidation sites excluding steroid dienone is 1. The Labute approximate surface area is 137 Å². The first-order chi connectivity index (χ1) is 11.0. The summed E-state index contributed by atoms with van der Waals surface area (Å²) < 4.78 is 36.8. The number of halogens is 3. The Morgan fingerprint density at radius 3 is 2.43 bits per heavy atom. The van der Waals surface area contributed by atoms with E-state index in [0.717, 1.165) is 24.3 Å². The topological polar surface area (TPSA) is 35.5 Å². The van der Waals surface area contributed by atoms with Crippen molar-refractivity contribution in [2.45, 2.75) is 0 Å². The molecule has 0 atom stereocenters. The summed E-state index contributed by atoms with van der Waals surface area (Å²) >= 11 is 6.00. The van der Waals surface area contributed by atoms with Gasteiger partial charge in [0.2, 0.25) is 0 Å². The predicted octanol–water partition coefficient (Wildman–Crippen LogP) is 4.53. The molecular weight excluding hydrogens is 326 g/mol. The summed E-state index contributed by atoms with van der Waals surface area (Å²) in [5.41, 5.74) is 0.156. The molecule has 0 aliphatic carbocycles. The SMILES string of the molecule is COc1cc(OC)c(C(=O)/C=C/c2cc(F)ccc2F)cc1Cl. The van der Waals surface area contributed by atoms with Gasteiger partial charge < -0.3 is 9.47 Å². The normalized spacial score (nSPS) is 10.8. The summed E-state index contributed by atoms with van der Waals surface area (Å²) in [6.07, 6.45) is 2.32. The zero-order valence-electron chi connectivity index (χ0n) is 12.4. The maximum atomic E-state index is 13.5. The fourth-order valence-electron chi connectivity index (χ4n) is 1.95. The molecule has 3 nitrogen and oxygen atoms in total. The molecule has 2 aromatic rings. The highest BCUT2D eigenvalue weighted by molar-refractivity contribution is 6.32. The van der Waals surface area contributed by atoms with Crippen molar-refractivity contribution in [3.63, 3.8) is 0 Å². The molecule has 0 aromatic heterocycles. The first-order valence-electron chi connectivity index (χ1n) is 6.55. The van der Waals surface area contributed by atoms with Crippen LogP contribution in [0.2, 0.25) is 5.02 Å². The molecule has 23 heavy (non-hydrogen) atoms. The number of benzene rings is 2. The number of carbonyl (C=O) groups excluding carboxylic acids is 1. The second-order valence-corrected chi connectivity index (χ2v) is 4.96. The van der Waals surface area contributed by atoms with E-state index in [9.17, 15) is 13.6 Å². The third-order valence-electron chi connectivity index (χ3n) is 3.11. The number of methoxy groups -OCH3 is 2. The third kappa shape index (κ3) is 3.87. The molecule has 2 rings (SSSR count). The first-order valence-corrected chi connectivity index (χ1v) is 6.93. The maximum Gasteiger partial charge on any atom is 0.189 e. The van der Waals surface area contributed by atoms with E-state index in [1.54, 1.807) is 0 Å². The Morgan fingerprint density at radius 2 is 1.78 bits per heavy atom. The minimum absolute atomic E-state index is 0.0306. The molecule has 0 spiro atoms. The second kappa shape index (κ2) is 7.24. The first kappa shape index (κ1) is 17.0. The fraction of sp³-hybridized carbons (Fsp3) is 0.118. The lowest BCUT2D eigenvalue weighted by Crippen LogP contribution is -2.00. The highest BCUT2D eigenvalue weighted by Crippen LogP contribution is 2.33. The molecule has 0 fully saturated rings. The quantitative estimate of drug-likeness (QED) is 0.593. The minimum atomic E-state index is -0.629. The molecule has 0 heterocycles. The number of hydrogen-bond acceptors (Lipinski definition) is 3. The summed E-state index contributed by atoms with van der Waals surface area (Å²) in [6, 6.07) is 5.86. The molecule has 0 N–H and O–H groups in total. The van der Waals surface area contributed by atoms with E-state index in [4.69, 9.17) is 21.1 Å². The van der Waals surface area contributed by atoms with Gasteiger partial charge in [-0.2, -0.15) is 0 Å². The van der Waals surface area contributed by atoms with Crippen molar-refractivity contribution < 1.29 is 23.0 Å². The summed E-state index contributed by atoms with van der Waals surface area (Å²) in [6.45, 7) is 0. The van der Waals surface area contributed by atoms with Gasteiger partial charge in [-0.3, -0.25) is 4.79 Å². The molecule has 0 amide bonds. The largest absolute Gasteiger partial charge is 0.496 e. The molecular formula is C17H13ClF2O3. The average molecular weight is 339 g/mol. The molecule has 6 heteroatoms. The number of rotatable bonds is 5. The van der Waals surface area contributed by atoms with Gasteiger partial charge in [-0.25, -0.2) is 8.78 Å². The predicted molar refractivity (Wildman–Crippen MR) is 84.3 cm³/mol. The van der Waals surface area contributed by atoms with Crippen LogP contribution < -0.4 is 9.47 Å². The molecule has 0 saturated carbocycles. The van der Waals surface area contributed by atoms with Crippen molar-refractivity contribution >= 4 is 23.5 Å². The van der Waals surface area contributed by atoms with Gasteiger partial charge in [-0.05, 0) is 36.4 Å². The minimum Gasteiger partial charge on any atom is -0.496 e. The van der Waals surface area contributed by atoms with Crippen molar-refractivity contribution in [3.8, 4) is 11.5 Å². The monoisotopic (exact) mass is 338 g/mol. The van der Waals surface area contributed by atoms with Crippen molar-refractivity contribution in [1.82, 2.24) is 0 Å². The van der Waals surface area contributed by atoms with Crippen LogP contribution in [0.4, 0.5) is 8.78 Å². The maximum absolute atomic E-state index is 13.5. The van der Waals surface area contributed by atoms with Crippen LogP contribution in [0, 0.1) is 11.6 Å². The number of hydrogen-bond donors (Lipinski definition) is 0. The van der Waals surface area contributed by atoms with E-state index in [1.807, 2.05) is 0 Å². The highest BCUT2D eigenvalue weighted by Gasteiger charge is 2.14. The molecule has 0 bridgehead atoms. The third-order valence-corrected chi connectivity index (χ3v) is 3.41. The molecule has 0 unspecified atom stereocenters. The van der Waals surface area contributed by atoms with Gasteiger partial charge in [-0.15, -0.1) is 0 Å². The van der Waals surface area contributed by atoms with Gasteiger partial charge in [0.15, 0.2) is 5.78 Å². The lowest BCUT2D eigenvalue weighted by molar-refractivity contribution is 0.104. The summed E-state index contributed by atoms with van der Waals surface area (Å²) in [5.74, 6) is -1.06. The Hall–Kier alpha value is -2.40. The molecule has 0 aliphatic rings. The molecule has 2 aromatic carbocycles. The number of ketones is 1. The number of carbonyl (C=O) groups is 1. The van der Waals surface area contributed by atoms with Gasteiger partial charge in [0.05, 0.1) is 24.8 Å². The molecule has 0 radical (unpaired) electrons. The van der Waals surface area contributed by atoms with Crippen LogP contribution in [0.15, 0.2) is 36.4 Å². The zero-order valence-corrected chi connectivity index (χ0v) is 13.2. The van der Waals surface area contributed by atoms with Gasteiger partial charge in [0.1, 0.15) is 23.1 Å². The van der Waals surface area contributed by atoms with E-state index in [2.05, 4.69) is 0 Å². The highest BCUT2D eigenvalue weighted by atomic mass is 35.5. The fourth-order valence-corrected chi connectivity index (χ4v) is 2.19. The Morgan fingerprint density at radius 1 is 1.09 bits per heavy atom. The van der Waals surface area contributed by atoms with Gasteiger partial charge in [0.25, 0.3) is 0 Å². The van der Waals surface area contributed by atoms with Crippen molar-refractivity contribution in [1.29, 1.82) is 0 Å². The van der Waals surface area contributed by atoms with Gasteiger partial charge in [0, 0.05) is 11.6 Å². The molecule has 0 saturated heterocycles. The van der Waals surface area contributed by atoms with Crippen molar-refractivity contribution in [2.24, 2.45) is 0 Å². The van der Waals surface area contributed by atoms with Crippen LogP contribution >= 0.6 is 11.6 Å². The van der Waals surface area contributed by atoms with E-state index in [1.165, 1.54) is 32.4 Å². The van der Waals surface area contributed by atoms with E-state index < -0.39 is 17.4 Å². The Bertz CT molecular complexity index is 773. The van der Waals surface area contributed by atoms with Crippen molar-refractivity contribution in [2.75, 3.05) is 14.2 Å². The van der Waals surface area contributed by atoms with Crippen LogP contribution in [-0.4, -0.2) is 20.0 Å². The van der Waals surface area contributed by atoms with Crippen LogP contribution in [-0.2, 0) is 0 Å². The van der Waals surface area contributed by atoms with Crippen molar-refractivity contribution in [3.05, 3.63) is 64.2 Å². The van der Waals surface area contributed by atoms with Gasteiger partial charge in [-0.1, -0.05) is 11.6 Å². The van der Waals surface area contributed by atoms with E-state index in [0.29, 0.717) is 5.75 Å². The van der Waals surface area contributed by atoms with Crippen LogP contribution in [0.25, 0.3) is 6.08 Å². The van der Waals surface area contributed by atoms with Gasteiger partial charge >= 0.3 is 0 Å². The lowest BCUT2D eigenvalue weighted by atomic mass is 10.1. The summed E-state index contributed by atoms with van der Waals surface area (Å²) in [7, 11) is 2.84.